The molecule has 1 aliphatic carbocycles. The first kappa shape index (κ1) is 31.3. The number of aliphatic imine (C=N–C) groups is 1. The molecule has 0 bridgehead atoms. The third kappa shape index (κ3) is 6.10. The Bertz CT molecular complexity index is 1540. The highest BCUT2D eigenvalue weighted by Crippen LogP contribution is 2.41. The zero-order chi connectivity index (χ0) is 29.3. The topological polar surface area (TPSA) is 108 Å². The summed E-state index contributed by atoms with van der Waals surface area (Å²) in [7, 11) is 1.35. The molecule has 5 rings (SSSR count). The lowest BCUT2D eigenvalue weighted by molar-refractivity contribution is -0.141. The van der Waals surface area contributed by atoms with Crippen LogP contribution in [0, 0.1) is 17.6 Å². The first-order chi connectivity index (χ1) is 19.7. The highest BCUT2D eigenvalue weighted by molar-refractivity contribution is 7.11. The van der Waals surface area contributed by atoms with Crippen LogP contribution in [0.5, 0.6) is 0 Å². The number of halogens is 3. The molecule has 0 spiro atoms. The van der Waals surface area contributed by atoms with Crippen molar-refractivity contribution >= 4 is 40.7 Å². The molecule has 3 atom stereocenters. The molecule has 224 valence electrons. The van der Waals surface area contributed by atoms with Crippen LogP contribution >= 0.6 is 22.9 Å². The van der Waals surface area contributed by atoms with Gasteiger partial charge in [0.1, 0.15) is 6.04 Å². The van der Waals surface area contributed by atoms with Gasteiger partial charge >= 0.3 is 11.9 Å². The number of nitrogens with zero attached hydrogens (tertiary/aromatic N) is 4. The Labute approximate surface area is 251 Å². The van der Waals surface area contributed by atoms with E-state index in [0.717, 1.165) is 17.3 Å². The summed E-state index contributed by atoms with van der Waals surface area (Å²) in [5, 5.41) is 9.94. The molecule has 9 nitrogen and oxygen atoms in total. The van der Waals surface area contributed by atoms with E-state index in [4.69, 9.17) is 31.2 Å². The van der Waals surface area contributed by atoms with Gasteiger partial charge in [0.05, 0.1) is 42.5 Å². The predicted octanol–water partition coefficient (Wildman–Crippen LogP) is 5.74. The van der Waals surface area contributed by atoms with Crippen molar-refractivity contribution in [1.29, 1.82) is 0 Å². The second kappa shape index (κ2) is 13.1. The SMILES string of the molecule is C.CCOC(=O)C1=C(C2CCc3nn(C(C)CC(=O)OC)cc3C2)NC(c2nccs2)=NC1c1ccc(F)c(F)c1Cl. The van der Waals surface area contributed by atoms with Gasteiger partial charge in [0.2, 0.25) is 0 Å². The normalized spacial score (nSPS) is 18.8. The molecule has 1 aliphatic heterocycles. The number of aryl methyl sites for hydroxylation is 1. The minimum atomic E-state index is -1.21. The Morgan fingerprint density at radius 3 is 2.79 bits per heavy atom. The maximum Gasteiger partial charge on any atom is 0.338 e. The second-order valence-electron chi connectivity index (χ2n) is 9.80. The molecule has 0 fully saturated rings. The van der Waals surface area contributed by atoms with E-state index in [2.05, 4.69) is 10.3 Å². The van der Waals surface area contributed by atoms with Crippen molar-refractivity contribution in [2.75, 3.05) is 13.7 Å². The van der Waals surface area contributed by atoms with Crippen molar-refractivity contribution in [3.05, 3.63) is 79.7 Å². The number of benzene rings is 1. The van der Waals surface area contributed by atoms with Gasteiger partial charge in [-0.1, -0.05) is 25.1 Å². The quantitative estimate of drug-likeness (QED) is 0.253. The monoisotopic (exact) mass is 619 g/mol. The van der Waals surface area contributed by atoms with Crippen LogP contribution in [0.1, 0.15) is 68.0 Å². The van der Waals surface area contributed by atoms with Gasteiger partial charge in [-0.05, 0) is 44.7 Å². The van der Waals surface area contributed by atoms with Crippen molar-refractivity contribution in [2.45, 2.75) is 59.0 Å². The third-order valence-corrected chi connectivity index (χ3v) is 8.37. The molecule has 0 amide bonds. The molecular weight excluding hydrogens is 588 g/mol. The minimum Gasteiger partial charge on any atom is -0.469 e. The summed E-state index contributed by atoms with van der Waals surface area (Å²) in [5.41, 5.74) is 2.79. The number of thiazole rings is 1. The molecule has 1 N–H and O–H groups in total. The fourth-order valence-corrected chi connectivity index (χ4v) is 6.01. The van der Waals surface area contributed by atoms with Crippen molar-refractivity contribution in [1.82, 2.24) is 20.1 Å². The number of carbonyl (C=O) groups is 2. The molecule has 3 aromatic rings. The molecule has 2 aliphatic rings. The number of fused-ring (bicyclic) bond motifs is 1. The smallest absolute Gasteiger partial charge is 0.338 e. The van der Waals surface area contributed by atoms with Crippen LogP contribution in [0.4, 0.5) is 8.78 Å². The fraction of sp³-hybridized carbons (Fsp3) is 0.414. The Balaban J connectivity index is 0.00000405. The molecule has 2 aromatic heterocycles. The summed E-state index contributed by atoms with van der Waals surface area (Å²) >= 11 is 7.64. The number of aromatic nitrogens is 3. The van der Waals surface area contributed by atoms with Crippen molar-refractivity contribution < 1.29 is 27.8 Å². The zero-order valence-electron chi connectivity index (χ0n) is 22.6. The van der Waals surface area contributed by atoms with E-state index in [-0.39, 0.29) is 49.5 Å². The predicted molar refractivity (Wildman–Crippen MR) is 155 cm³/mol. The Hall–Kier alpha value is -3.64. The average Bonchev–Trinajstić information content (AvgIpc) is 3.66. The lowest BCUT2D eigenvalue weighted by Crippen LogP contribution is -2.38. The van der Waals surface area contributed by atoms with Gasteiger partial charge in [-0.2, -0.15) is 5.10 Å². The highest BCUT2D eigenvalue weighted by atomic mass is 35.5. The van der Waals surface area contributed by atoms with Gasteiger partial charge in [0.25, 0.3) is 0 Å². The molecule has 3 unspecified atom stereocenters. The first-order valence-electron chi connectivity index (χ1n) is 13.1. The molecular formula is C29H32ClF2N5O4S. The standard InChI is InChI=1S/C28H28ClF2N5O4S.CH4/c1-4-40-28(38)21-24(15-5-8-19-16(12-15)13-36(35-19)14(2)11-20(37)39-3)33-26(27-32-9-10-41-27)34-25(21)17-6-7-18(30)23(31)22(17)29;/h6-7,9-10,13-15,25H,4-5,8,11-12H2,1-3H3,(H,33,34);1H4. The van der Waals surface area contributed by atoms with E-state index in [1.165, 1.54) is 24.5 Å². The van der Waals surface area contributed by atoms with Gasteiger partial charge in [-0.25, -0.2) is 18.6 Å². The number of methoxy groups -OCH3 is 1. The zero-order valence-corrected chi connectivity index (χ0v) is 24.2. The van der Waals surface area contributed by atoms with Crippen LogP contribution in [0.15, 0.2) is 46.2 Å². The van der Waals surface area contributed by atoms with Gasteiger partial charge in [-0.15, -0.1) is 11.3 Å². The third-order valence-electron chi connectivity index (χ3n) is 7.21. The van der Waals surface area contributed by atoms with Crippen LogP contribution < -0.4 is 5.32 Å². The lowest BCUT2D eigenvalue weighted by Gasteiger charge is -2.33. The molecule has 0 radical (unpaired) electrons. The number of ether oxygens (including phenoxy) is 2. The number of hydrogen-bond donors (Lipinski definition) is 1. The Kier molecular flexibility index (Phi) is 9.78. The maximum atomic E-state index is 14.6. The van der Waals surface area contributed by atoms with Crippen LogP contribution in [0.2, 0.25) is 5.02 Å². The number of carbonyl (C=O) groups excluding carboxylic acids is 2. The number of allylic oxidation sites excluding steroid dienone is 1. The van der Waals surface area contributed by atoms with Gasteiger partial charge in [0, 0.05) is 35.0 Å². The van der Waals surface area contributed by atoms with Crippen LogP contribution in [-0.4, -0.2) is 46.3 Å². The van der Waals surface area contributed by atoms with E-state index in [0.29, 0.717) is 35.8 Å². The summed E-state index contributed by atoms with van der Waals surface area (Å²) < 4.78 is 40.6. The van der Waals surface area contributed by atoms with E-state index >= 15 is 0 Å². The molecule has 42 heavy (non-hydrogen) atoms. The molecule has 0 saturated carbocycles. The maximum absolute atomic E-state index is 14.6. The Morgan fingerprint density at radius 1 is 1.31 bits per heavy atom. The van der Waals surface area contributed by atoms with E-state index in [9.17, 15) is 18.4 Å². The van der Waals surface area contributed by atoms with E-state index in [1.807, 2.05) is 13.1 Å². The number of hydrogen-bond acceptors (Lipinski definition) is 9. The molecule has 3 heterocycles. The van der Waals surface area contributed by atoms with Crippen molar-refractivity contribution in [3.8, 4) is 0 Å². The van der Waals surface area contributed by atoms with Crippen LogP contribution in [0.25, 0.3) is 0 Å². The number of rotatable bonds is 8. The summed E-state index contributed by atoms with van der Waals surface area (Å²) in [6, 6.07) is 1.05. The summed E-state index contributed by atoms with van der Waals surface area (Å²) in [6.07, 6.45) is 5.54. The van der Waals surface area contributed by atoms with Gasteiger partial charge < -0.3 is 14.8 Å². The minimum absolute atomic E-state index is 0. The summed E-state index contributed by atoms with van der Waals surface area (Å²) in [5.74, 6) is -3.06. The molecule has 1 aromatic carbocycles. The van der Waals surface area contributed by atoms with Crippen molar-refractivity contribution in [3.63, 3.8) is 0 Å². The lowest BCUT2D eigenvalue weighted by atomic mass is 9.81. The van der Waals surface area contributed by atoms with Crippen molar-refractivity contribution in [2.24, 2.45) is 10.9 Å². The Morgan fingerprint density at radius 2 is 2.10 bits per heavy atom. The second-order valence-corrected chi connectivity index (χ2v) is 11.1. The van der Waals surface area contributed by atoms with E-state index in [1.54, 1.807) is 23.2 Å². The number of esters is 2. The number of amidine groups is 1. The molecule has 0 saturated heterocycles. The van der Waals surface area contributed by atoms with Crippen LogP contribution in [0.3, 0.4) is 0 Å². The van der Waals surface area contributed by atoms with E-state index < -0.39 is 28.7 Å². The van der Waals surface area contributed by atoms with Gasteiger partial charge in [0.15, 0.2) is 22.5 Å². The van der Waals surface area contributed by atoms with Gasteiger partial charge in [-0.3, -0.25) is 14.5 Å². The first-order valence-corrected chi connectivity index (χ1v) is 14.4. The summed E-state index contributed by atoms with van der Waals surface area (Å²) in [4.78, 5) is 34.4. The summed E-state index contributed by atoms with van der Waals surface area (Å²) in [6.45, 7) is 3.69. The number of nitrogens with one attached hydrogen (secondary N) is 1. The largest absolute Gasteiger partial charge is 0.469 e. The fourth-order valence-electron chi connectivity index (χ4n) is 5.16. The average molecular weight is 620 g/mol. The van der Waals surface area contributed by atoms with Crippen LogP contribution in [-0.2, 0) is 31.9 Å². The highest BCUT2D eigenvalue weighted by Gasteiger charge is 2.38. The molecule has 13 heteroatoms.